The van der Waals surface area contributed by atoms with E-state index in [-0.39, 0.29) is 5.54 Å². The molecular weight excluding hydrogens is 148 g/mol. The highest BCUT2D eigenvalue weighted by atomic mass is 15.0. The third-order valence-corrected chi connectivity index (χ3v) is 1.73. The lowest BCUT2D eigenvalue weighted by atomic mass is 10.1. The Morgan fingerprint density at radius 3 is 2.08 bits per heavy atom. The molecule has 1 aromatic heterocycles. The molecule has 1 rings (SSSR count). The van der Waals surface area contributed by atoms with E-state index in [1.54, 1.807) is 0 Å². The van der Waals surface area contributed by atoms with Crippen molar-refractivity contribution in [3.8, 4) is 6.07 Å². The predicted octanol–water partition coefficient (Wildman–Crippen LogP) is 1.60. The van der Waals surface area contributed by atoms with Crippen LogP contribution in [-0.2, 0) is 5.54 Å². The molecule has 1 heterocycles. The molecule has 1 aromatic rings. The van der Waals surface area contributed by atoms with Crippen LogP contribution >= 0.6 is 0 Å². The zero-order chi connectivity index (χ0) is 9.19. The van der Waals surface area contributed by atoms with Gasteiger partial charge >= 0.3 is 0 Å². The molecule has 2 heteroatoms. The maximum atomic E-state index is 8.57. The Hall–Kier alpha value is -1.36. The van der Waals surface area contributed by atoms with Crippen molar-refractivity contribution in [1.82, 2.24) is 0 Å². The fourth-order valence-electron chi connectivity index (χ4n) is 0.948. The topological polar surface area (TPSA) is 27.7 Å². The quantitative estimate of drug-likeness (QED) is 0.531. The molecule has 62 valence electrons. The lowest BCUT2D eigenvalue weighted by Gasteiger charge is -2.11. The van der Waals surface area contributed by atoms with Crippen molar-refractivity contribution in [3.63, 3.8) is 0 Å². The molecule has 0 N–H and O–H groups in total. The number of aromatic nitrogens is 1. The third kappa shape index (κ3) is 1.82. The number of nitriles is 1. The number of hydrogen-bond acceptors (Lipinski definition) is 1. The van der Waals surface area contributed by atoms with Crippen LogP contribution in [0.5, 0.6) is 0 Å². The van der Waals surface area contributed by atoms with Gasteiger partial charge in [-0.1, -0.05) is 0 Å². The summed E-state index contributed by atoms with van der Waals surface area (Å²) in [5.41, 5.74) is 0.795. The molecule has 0 radical (unpaired) electrons. The second-order valence-electron chi connectivity index (χ2n) is 3.78. The lowest BCUT2D eigenvalue weighted by molar-refractivity contribution is -0.754. The summed E-state index contributed by atoms with van der Waals surface area (Å²) in [6.07, 6.45) is 3.86. The molecular formula is C10H13N2+. The molecule has 0 aliphatic rings. The van der Waals surface area contributed by atoms with E-state index >= 15 is 0 Å². The van der Waals surface area contributed by atoms with E-state index < -0.39 is 0 Å². The molecule has 0 spiro atoms. The molecule has 12 heavy (non-hydrogen) atoms. The van der Waals surface area contributed by atoms with Crippen LogP contribution in [0.25, 0.3) is 0 Å². The fourth-order valence-corrected chi connectivity index (χ4v) is 0.948. The summed E-state index contributed by atoms with van der Waals surface area (Å²) in [6, 6.07) is 5.74. The number of hydrogen-bond donors (Lipinski definition) is 0. The first kappa shape index (κ1) is 8.73. The third-order valence-electron chi connectivity index (χ3n) is 1.73. The minimum atomic E-state index is 0.0913. The number of pyridine rings is 1. The molecule has 0 bridgehead atoms. The van der Waals surface area contributed by atoms with Crippen LogP contribution < -0.4 is 4.57 Å². The first-order valence-corrected chi connectivity index (χ1v) is 3.96. The van der Waals surface area contributed by atoms with Crippen LogP contribution in [0.3, 0.4) is 0 Å². The Kier molecular flexibility index (Phi) is 2.14. The predicted molar refractivity (Wildman–Crippen MR) is 46.3 cm³/mol. The summed E-state index contributed by atoms with van der Waals surface area (Å²) in [6.45, 7) is 6.37. The highest BCUT2D eigenvalue weighted by Crippen LogP contribution is 2.03. The molecule has 0 fully saturated rings. The van der Waals surface area contributed by atoms with Crippen molar-refractivity contribution in [2.45, 2.75) is 26.3 Å². The Bertz CT molecular complexity index is 298. The van der Waals surface area contributed by atoms with Crippen molar-refractivity contribution in [2.24, 2.45) is 0 Å². The van der Waals surface area contributed by atoms with Crippen molar-refractivity contribution < 1.29 is 4.57 Å². The van der Waals surface area contributed by atoms with E-state index in [4.69, 9.17) is 5.26 Å². The standard InChI is InChI=1S/C10H13N2/c1-10(2,3)12-6-4-9(8-11)5-7-12/h4-7H,1-3H3/q+1. The monoisotopic (exact) mass is 161 g/mol. The van der Waals surface area contributed by atoms with Gasteiger partial charge < -0.3 is 0 Å². The number of nitrogens with zero attached hydrogens (tertiary/aromatic N) is 2. The zero-order valence-electron chi connectivity index (χ0n) is 7.70. The lowest BCUT2D eigenvalue weighted by Crippen LogP contribution is -2.49. The van der Waals surface area contributed by atoms with Crippen LogP contribution in [0.1, 0.15) is 26.3 Å². The zero-order valence-corrected chi connectivity index (χ0v) is 7.70. The van der Waals surface area contributed by atoms with Crippen molar-refractivity contribution in [2.75, 3.05) is 0 Å². The van der Waals surface area contributed by atoms with Crippen molar-refractivity contribution in [1.29, 1.82) is 5.26 Å². The molecule has 0 atom stereocenters. The van der Waals surface area contributed by atoms with Gasteiger partial charge in [0.25, 0.3) is 0 Å². The summed E-state index contributed by atoms with van der Waals surface area (Å²) < 4.78 is 2.08. The van der Waals surface area contributed by atoms with Gasteiger partial charge in [0.2, 0.25) is 0 Å². The molecule has 0 aliphatic carbocycles. The van der Waals surface area contributed by atoms with Gasteiger partial charge in [0, 0.05) is 32.9 Å². The first-order chi connectivity index (χ1) is 5.54. The molecule has 0 aliphatic heterocycles. The first-order valence-electron chi connectivity index (χ1n) is 3.96. The maximum Gasteiger partial charge on any atom is 0.170 e. The number of rotatable bonds is 0. The van der Waals surface area contributed by atoms with Gasteiger partial charge in [-0.25, -0.2) is 4.57 Å². The maximum absolute atomic E-state index is 8.57. The van der Waals surface area contributed by atoms with Crippen LogP contribution in [0.2, 0.25) is 0 Å². The smallest absolute Gasteiger partial charge is 0.170 e. The van der Waals surface area contributed by atoms with Crippen LogP contribution in [0.4, 0.5) is 0 Å². The molecule has 0 unspecified atom stereocenters. The summed E-state index contributed by atoms with van der Waals surface area (Å²) in [7, 11) is 0. The Labute approximate surface area is 73.1 Å². The van der Waals surface area contributed by atoms with E-state index in [1.807, 2.05) is 24.5 Å². The van der Waals surface area contributed by atoms with Crippen molar-refractivity contribution >= 4 is 0 Å². The highest BCUT2D eigenvalue weighted by Gasteiger charge is 2.19. The normalized spacial score (nSPS) is 10.8. The minimum Gasteiger partial charge on any atom is -0.201 e. The molecule has 0 saturated heterocycles. The Morgan fingerprint density at radius 2 is 1.75 bits per heavy atom. The van der Waals surface area contributed by atoms with Crippen LogP contribution in [-0.4, -0.2) is 0 Å². The van der Waals surface area contributed by atoms with Gasteiger partial charge in [-0.05, 0) is 0 Å². The van der Waals surface area contributed by atoms with Crippen LogP contribution in [0, 0.1) is 11.3 Å². The second-order valence-corrected chi connectivity index (χ2v) is 3.78. The largest absolute Gasteiger partial charge is 0.201 e. The SMILES string of the molecule is CC(C)(C)[n+]1ccc(C#N)cc1. The summed E-state index contributed by atoms with van der Waals surface area (Å²) in [4.78, 5) is 0. The second kappa shape index (κ2) is 2.94. The fraction of sp³-hybridized carbons (Fsp3) is 0.400. The average molecular weight is 161 g/mol. The van der Waals surface area contributed by atoms with Gasteiger partial charge in [0.05, 0.1) is 11.6 Å². The summed E-state index contributed by atoms with van der Waals surface area (Å²) in [5.74, 6) is 0. The van der Waals surface area contributed by atoms with E-state index in [9.17, 15) is 0 Å². The highest BCUT2D eigenvalue weighted by molar-refractivity contribution is 5.23. The molecule has 0 aromatic carbocycles. The molecule has 0 saturated carbocycles. The van der Waals surface area contributed by atoms with E-state index in [1.165, 1.54) is 0 Å². The van der Waals surface area contributed by atoms with Gasteiger partial charge in [-0.2, -0.15) is 5.26 Å². The van der Waals surface area contributed by atoms with Crippen LogP contribution in [0.15, 0.2) is 24.5 Å². The summed E-state index contributed by atoms with van der Waals surface area (Å²) in [5, 5.41) is 8.57. The summed E-state index contributed by atoms with van der Waals surface area (Å²) >= 11 is 0. The Balaban J connectivity index is 3.02. The van der Waals surface area contributed by atoms with Gasteiger partial charge in [0.1, 0.15) is 0 Å². The van der Waals surface area contributed by atoms with E-state index in [2.05, 4.69) is 31.4 Å². The van der Waals surface area contributed by atoms with Crippen molar-refractivity contribution in [3.05, 3.63) is 30.1 Å². The van der Waals surface area contributed by atoms with Gasteiger partial charge in [-0.3, -0.25) is 0 Å². The average Bonchev–Trinajstić information content (AvgIpc) is 2.03. The Morgan fingerprint density at radius 1 is 1.25 bits per heavy atom. The molecule has 2 nitrogen and oxygen atoms in total. The van der Waals surface area contributed by atoms with Gasteiger partial charge in [-0.15, -0.1) is 0 Å². The van der Waals surface area contributed by atoms with E-state index in [0.29, 0.717) is 5.56 Å². The minimum absolute atomic E-state index is 0.0913. The van der Waals surface area contributed by atoms with E-state index in [0.717, 1.165) is 0 Å². The van der Waals surface area contributed by atoms with Gasteiger partial charge in [0.15, 0.2) is 17.9 Å². The molecule has 0 amide bonds.